The van der Waals surface area contributed by atoms with E-state index in [2.05, 4.69) is 47.5 Å². The fourth-order valence-electron chi connectivity index (χ4n) is 3.03. The molecule has 1 atom stereocenters. The average molecular weight is 298 g/mol. The number of benzene rings is 1. The van der Waals surface area contributed by atoms with Crippen LogP contribution in [0.3, 0.4) is 0 Å². The molecule has 4 N–H and O–H groups in total. The van der Waals surface area contributed by atoms with Crippen LogP contribution >= 0.6 is 0 Å². The Bertz CT molecular complexity index is 717. The minimum atomic E-state index is -0.540. The van der Waals surface area contributed by atoms with E-state index < -0.39 is 6.03 Å². The van der Waals surface area contributed by atoms with Crippen molar-refractivity contribution in [1.29, 1.82) is 0 Å². The summed E-state index contributed by atoms with van der Waals surface area (Å²) in [6.07, 6.45) is 7.62. The van der Waals surface area contributed by atoms with Crippen LogP contribution in [0.5, 0.6) is 0 Å². The molecule has 0 saturated carbocycles. The van der Waals surface area contributed by atoms with Gasteiger partial charge in [0.05, 0.1) is 0 Å². The number of primary amides is 1. The quantitative estimate of drug-likeness (QED) is 0.812. The lowest BCUT2D eigenvalue weighted by Gasteiger charge is -2.31. The van der Waals surface area contributed by atoms with Gasteiger partial charge in [-0.2, -0.15) is 0 Å². The molecule has 1 aromatic carbocycles. The molecule has 1 aliphatic heterocycles. The number of carbonyl (C=O) groups is 1. The molecule has 1 unspecified atom stereocenters. The first-order valence-corrected chi connectivity index (χ1v) is 7.66. The topological polar surface area (TPSA) is 74.2 Å². The number of aromatic amines is 1. The predicted octanol–water partition coefficient (Wildman–Crippen LogP) is 3.37. The Hall–Kier alpha value is -2.43. The van der Waals surface area contributed by atoms with Crippen LogP contribution in [0.2, 0.25) is 0 Å². The van der Waals surface area contributed by atoms with E-state index in [0.29, 0.717) is 12.0 Å². The summed E-state index contributed by atoms with van der Waals surface area (Å²) >= 11 is 0. The van der Waals surface area contributed by atoms with Crippen molar-refractivity contribution in [3.63, 3.8) is 0 Å². The van der Waals surface area contributed by atoms with Gasteiger partial charge in [0.2, 0.25) is 0 Å². The van der Waals surface area contributed by atoms with Crippen LogP contribution in [0.4, 0.5) is 10.5 Å². The van der Waals surface area contributed by atoms with Gasteiger partial charge in [-0.3, -0.25) is 0 Å². The minimum absolute atomic E-state index is 0.396. The molecule has 116 valence electrons. The number of nitrogens with zero attached hydrogens (tertiary/aromatic N) is 1. The van der Waals surface area contributed by atoms with Crippen molar-refractivity contribution in [3.05, 3.63) is 42.2 Å². The Morgan fingerprint density at radius 3 is 2.91 bits per heavy atom. The second-order valence-corrected chi connectivity index (χ2v) is 6.06. The van der Waals surface area contributed by atoms with Crippen LogP contribution in [0.25, 0.3) is 10.9 Å². The Morgan fingerprint density at radius 1 is 1.45 bits per heavy atom. The zero-order valence-corrected chi connectivity index (χ0v) is 13.0. The molecule has 22 heavy (non-hydrogen) atoms. The maximum absolute atomic E-state index is 11.0. The predicted molar refractivity (Wildman–Crippen MR) is 89.8 cm³/mol. The van der Waals surface area contributed by atoms with Gasteiger partial charge in [-0.05, 0) is 50.2 Å². The zero-order chi connectivity index (χ0) is 15.7. The Labute approximate surface area is 130 Å². The number of urea groups is 1. The molecule has 1 aliphatic rings. The number of H-pyrrole nitrogens is 1. The highest BCUT2D eigenvalue weighted by molar-refractivity contribution is 5.93. The molecule has 0 bridgehead atoms. The van der Waals surface area contributed by atoms with Crippen molar-refractivity contribution in [2.24, 2.45) is 5.73 Å². The largest absolute Gasteiger partial charge is 0.375 e. The summed E-state index contributed by atoms with van der Waals surface area (Å²) in [5, 5.41) is 3.78. The second kappa shape index (κ2) is 5.75. The Kier molecular flexibility index (Phi) is 3.79. The molecule has 0 aliphatic carbocycles. The highest BCUT2D eigenvalue weighted by atomic mass is 16.2. The maximum atomic E-state index is 11.0. The van der Waals surface area contributed by atoms with Gasteiger partial charge in [0.15, 0.2) is 0 Å². The number of rotatable bonds is 3. The van der Waals surface area contributed by atoms with E-state index in [4.69, 9.17) is 5.73 Å². The number of hydrogen-bond donors (Lipinski definition) is 3. The number of amides is 2. The standard InChI is InChI=1S/C17H22N4O/c1-11(2)21-7-5-12(6-8-21)15-10-19-16-4-3-13(9-14(15)16)20-17(18)22/h3-5,7,9-12,19H,6,8H2,1-2H3,(H3,18,20,22). The second-order valence-electron chi connectivity index (χ2n) is 6.06. The van der Waals surface area contributed by atoms with Gasteiger partial charge < -0.3 is 20.9 Å². The maximum Gasteiger partial charge on any atom is 0.316 e. The molecular weight excluding hydrogens is 276 g/mol. The van der Waals surface area contributed by atoms with E-state index in [1.807, 2.05) is 18.2 Å². The van der Waals surface area contributed by atoms with Crippen molar-refractivity contribution < 1.29 is 4.79 Å². The van der Waals surface area contributed by atoms with Crippen molar-refractivity contribution in [2.45, 2.75) is 32.2 Å². The number of fused-ring (bicyclic) bond motifs is 1. The van der Waals surface area contributed by atoms with Gasteiger partial charge in [0.25, 0.3) is 0 Å². The Morgan fingerprint density at radius 2 is 2.27 bits per heavy atom. The minimum Gasteiger partial charge on any atom is -0.375 e. The third-order valence-corrected chi connectivity index (χ3v) is 4.25. The van der Waals surface area contributed by atoms with E-state index >= 15 is 0 Å². The van der Waals surface area contributed by atoms with E-state index in [0.717, 1.165) is 29.6 Å². The first-order chi connectivity index (χ1) is 10.5. The smallest absolute Gasteiger partial charge is 0.316 e. The molecular formula is C17H22N4O. The third-order valence-electron chi connectivity index (χ3n) is 4.25. The molecule has 1 aromatic heterocycles. The summed E-state index contributed by atoms with van der Waals surface area (Å²) in [6.45, 7) is 5.47. The summed E-state index contributed by atoms with van der Waals surface area (Å²) < 4.78 is 0. The zero-order valence-electron chi connectivity index (χ0n) is 13.0. The van der Waals surface area contributed by atoms with Crippen molar-refractivity contribution in [2.75, 3.05) is 11.9 Å². The number of carbonyl (C=O) groups excluding carboxylic acids is 1. The van der Waals surface area contributed by atoms with Gasteiger partial charge in [0.1, 0.15) is 0 Å². The highest BCUT2D eigenvalue weighted by Gasteiger charge is 2.19. The van der Waals surface area contributed by atoms with Gasteiger partial charge in [-0.1, -0.05) is 6.08 Å². The van der Waals surface area contributed by atoms with Crippen molar-refractivity contribution >= 4 is 22.6 Å². The normalized spacial score (nSPS) is 18.1. The van der Waals surface area contributed by atoms with Gasteiger partial charge in [-0.15, -0.1) is 0 Å². The van der Waals surface area contributed by atoms with Gasteiger partial charge in [0, 0.05) is 41.3 Å². The molecule has 0 saturated heterocycles. The van der Waals surface area contributed by atoms with Crippen LogP contribution in [0.15, 0.2) is 36.7 Å². The van der Waals surface area contributed by atoms with Crippen LogP contribution in [0.1, 0.15) is 31.7 Å². The lowest BCUT2D eigenvalue weighted by Crippen LogP contribution is -2.30. The molecule has 2 aromatic rings. The fraction of sp³-hybridized carbons (Fsp3) is 0.353. The van der Waals surface area contributed by atoms with Gasteiger partial charge in [-0.25, -0.2) is 4.79 Å². The number of anilines is 1. The summed E-state index contributed by atoms with van der Waals surface area (Å²) in [7, 11) is 0. The van der Waals surface area contributed by atoms with E-state index in [1.165, 1.54) is 5.56 Å². The number of nitrogens with two attached hydrogens (primary N) is 1. The summed E-state index contributed by atoms with van der Waals surface area (Å²) in [5.74, 6) is 0.396. The molecule has 2 amide bonds. The van der Waals surface area contributed by atoms with E-state index in [9.17, 15) is 4.79 Å². The summed E-state index contributed by atoms with van der Waals surface area (Å²) in [5.41, 5.74) is 8.26. The highest BCUT2D eigenvalue weighted by Crippen LogP contribution is 2.33. The lowest BCUT2D eigenvalue weighted by atomic mass is 9.92. The third kappa shape index (κ3) is 2.79. The summed E-state index contributed by atoms with van der Waals surface area (Å²) in [4.78, 5) is 16.7. The van der Waals surface area contributed by atoms with Crippen LogP contribution in [0, 0.1) is 0 Å². The van der Waals surface area contributed by atoms with Crippen molar-refractivity contribution in [3.8, 4) is 0 Å². The monoisotopic (exact) mass is 298 g/mol. The van der Waals surface area contributed by atoms with Crippen LogP contribution < -0.4 is 11.1 Å². The van der Waals surface area contributed by atoms with Crippen LogP contribution in [-0.4, -0.2) is 28.5 Å². The average Bonchev–Trinajstić information content (AvgIpc) is 2.90. The molecule has 3 rings (SSSR count). The summed E-state index contributed by atoms with van der Waals surface area (Å²) in [6, 6.07) is 5.80. The van der Waals surface area contributed by atoms with E-state index in [-0.39, 0.29) is 0 Å². The first-order valence-electron chi connectivity index (χ1n) is 7.66. The number of allylic oxidation sites excluding steroid dienone is 1. The fourth-order valence-corrected chi connectivity index (χ4v) is 3.03. The molecule has 5 nitrogen and oxygen atoms in total. The molecule has 5 heteroatoms. The SMILES string of the molecule is CC(C)N1C=CC(c2c[nH]c3ccc(NC(N)=O)cc23)CC1. The first kappa shape index (κ1) is 14.5. The molecule has 0 spiro atoms. The van der Waals surface area contributed by atoms with Gasteiger partial charge >= 0.3 is 6.03 Å². The number of nitrogens with one attached hydrogen (secondary N) is 2. The van der Waals surface area contributed by atoms with E-state index in [1.54, 1.807) is 0 Å². The number of aromatic nitrogens is 1. The molecule has 0 radical (unpaired) electrons. The number of hydrogen-bond acceptors (Lipinski definition) is 2. The lowest BCUT2D eigenvalue weighted by molar-refractivity contribution is 0.259. The van der Waals surface area contributed by atoms with Crippen LogP contribution in [-0.2, 0) is 0 Å². The Balaban J connectivity index is 1.91. The molecule has 2 heterocycles. The van der Waals surface area contributed by atoms with Crippen molar-refractivity contribution in [1.82, 2.24) is 9.88 Å². The molecule has 0 fully saturated rings.